The molecule has 4 heteroatoms. The van der Waals surface area contributed by atoms with Crippen LogP contribution in [-0.4, -0.2) is 31.2 Å². The molecular weight excluding hydrogens is 443 g/mol. The third-order valence-corrected chi connectivity index (χ3v) is 7.16. The molecule has 3 aromatic rings. The van der Waals surface area contributed by atoms with Gasteiger partial charge in [0.25, 0.3) is 0 Å². The molecular formula is C31H30F3N. The molecule has 0 unspecified atom stereocenters. The quantitative estimate of drug-likeness (QED) is 0.356. The van der Waals surface area contributed by atoms with Crippen molar-refractivity contribution >= 4 is 17.2 Å². The summed E-state index contributed by atoms with van der Waals surface area (Å²) in [6.07, 6.45) is 5.52. The fourth-order valence-corrected chi connectivity index (χ4v) is 5.35. The van der Waals surface area contributed by atoms with Crippen molar-refractivity contribution < 1.29 is 13.2 Å². The Morgan fingerprint density at radius 3 is 2.43 bits per heavy atom. The molecule has 1 nitrogen and oxygen atoms in total. The summed E-state index contributed by atoms with van der Waals surface area (Å²) in [5.41, 5.74) is 9.34. The maximum absolute atomic E-state index is 14.6. The third-order valence-electron chi connectivity index (χ3n) is 7.16. The van der Waals surface area contributed by atoms with Crippen molar-refractivity contribution in [2.75, 3.05) is 26.3 Å². The van der Waals surface area contributed by atoms with E-state index in [1.54, 1.807) is 13.0 Å². The van der Waals surface area contributed by atoms with Gasteiger partial charge in [0.2, 0.25) is 0 Å². The van der Waals surface area contributed by atoms with E-state index in [4.69, 9.17) is 0 Å². The Morgan fingerprint density at radius 2 is 1.66 bits per heavy atom. The van der Waals surface area contributed by atoms with Gasteiger partial charge < -0.3 is 0 Å². The topological polar surface area (TPSA) is 3.24 Å². The van der Waals surface area contributed by atoms with Crippen LogP contribution < -0.4 is 0 Å². The number of fused-ring (bicyclic) bond motifs is 1. The molecule has 0 bridgehead atoms. The number of benzene rings is 3. The lowest BCUT2D eigenvalue weighted by molar-refractivity contribution is 0.239. The van der Waals surface area contributed by atoms with Gasteiger partial charge in [-0.2, -0.15) is 0 Å². The molecule has 1 heterocycles. The third kappa shape index (κ3) is 4.85. The lowest BCUT2D eigenvalue weighted by Crippen LogP contribution is -2.40. The smallest absolute Gasteiger partial charge is 0.162 e. The number of aryl methyl sites for hydroxylation is 1. The van der Waals surface area contributed by atoms with Crippen LogP contribution >= 0.6 is 0 Å². The summed E-state index contributed by atoms with van der Waals surface area (Å²) in [6, 6.07) is 19.9. The van der Waals surface area contributed by atoms with Crippen LogP contribution in [0.3, 0.4) is 0 Å². The Hall–Kier alpha value is -3.11. The molecule has 3 aromatic carbocycles. The average Bonchev–Trinajstić information content (AvgIpc) is 3.04. The summed E-state index contributed by atoms with van der Waals surface area (Å²) in [5, 5.41) is 0. The van der Waals surface area contributed by atoms with Gasteiger partial charge >= 0.3 is 0 Å². The van der Waals surface area contributed by atoms with Gasteiger partial charge in [0, 0.05) is 19.6 Å². The Labute approximate surface area is 205 Å². The molecule has 0 aromatic heterocycles. The van der Waals surface area contributed by atoms with Crippen molar-refractivity contribution in [3.63, 3.8) is 0 Å². The predicted molar refractivity (Wildman–Crippen MR) is 138 cm³/mol. The Kier molecular flexibility index (Phi) is 6.92. The standard InChI is InChI=1S/C31H30F3N/c1-21-26(14-15-29(33)31(21)34)28-9-4-7-24-6-2-3-8-27(24)30(28)25-12-10-22(11-13-25)18-23-19-35(20-23)17-5-16-32/h2-3,6,8,10-15,18H,4-5,7,9,16-17,19-20H2,1H3. The van der Waals surface area contributed by atoms with E-state index < -0.39 is 11.6 Å². The van der Waals surface area contributed by atoms with Crippen molar-refractivity contribution in [3.8, 4) is 0 Å². The van der Waals surface area contributed by atoms with Gasteiger partial charge in [0.15, 0.2) is 11.6 Å². The molecule has 0 radical (unpaired) electrons. The van der Waals surface area contributed by atoms with Gasteiger partial charge in [-0.3, -0.25) is 9.29 Å². The highest BCUT2D eigenvalue weighted by atomic mass is 19.2. The van der Waals surface area contributed by atoms with Gasteiger partial charge in [-0.15, -0.1) is 0 Å². The first kappa shape index (κ1) is 23.6. The highest BCUT2D eigenvalue weighted by Crippen LogP contribution is 2.41. The van der Waals surface area contributed by atoms with Crippen LogP contribution in [0.15, 0.2) is 66.2 Å². The zero-order chi connectivity index (χ0) is 24.4. The number of alkyl halides is 1. The van der Waals surface area contributed by atoms with Crippen molar-refractivity contribution in [2.45, 2.75) is 32.6 Å². The molecule has 0 spiro atoms. The molecule has 1 aliphatic carbocycles. The monoisotopic (exact) mass is 473 g/mol. The highest BCUT2D eigenvalue weighted by Gasteiger charge is 2.23. The van der Waals surface area contributed by atoms with Gasteiger partial charge in [-0.25, -0.2) is 8.78 Å². The first-order valence-corrected chi connectivity index (χ1v) is 12.4. The molecule has 2 aliphatic rings. The average molecular weight is 474 g/mol. The van der Waals surface area contributed by atoms with Crippen molar-refractivity contribution in [2.24, 2.45) is 0 Å². The second-order valence-electron chi connectivity index (χ2n) is 9.58. The van der Waals surface area contributed by atoms with Crippen molar-refractivity contribution in [1.29, 1.82) is 0 Å². The van der Waals surface area contributed by atoms with E-state index in [1.807, 2.05) is 6.07 Å². The summed E-state index contributed by atoms with van der Waals surface area (Å²) >= 11 is 0. The molecule has 0 amide bonds. The predicted octanol–water partition coefficient (Wildman–Crippen LogP) is 7.63. The van der Waals surface area contributed by atoms with Gasteiger partial charge in [-0.1, -0.05) is 60.7 Å². The van der Waals surface area contributed by atoms with Gasteiger partial charge in [0.05, 0.1) is 6.67 Å². The lowest BCUT2D eigenvalue weighted by Gasteiger charge is -2.33. The molecule has 35 heavy (non-hydrogen) atoms. The van der Waals surface area contributed by atoms with E-state index >= 15 is 0 Å². The normalized spacial score (nSPS) is 16.1. The zero-order valence-electron chi connectivity index (χ0n) is 20.1. The lowest BCUT2D eigenvalue weighted by atomic mass is 9.86. The van der Waals surface area contributed by atoms with Crippen molar-refractivity contribution in [1.82, 2.24) is 4.90 Å². The fourth-order valence-electron chi connectivity index (χ4n) is 5.35. The van der Waals surface area contributed by atoms with Crippen LogP contribution in [0, 0.1) is 18.6 Å². The molecule has 0 saturated carbocycles. The van der Waals surface area contributed by atoms with Crippen LogP contribution in [0.25, 0.3) is 17.2 Å². The molecule has 0 N–H and O–H groups in total. The van der Waals surface area contributed by atoms with E-state index in [0.717, 1.165) is 72.3 Å². The second kappa shape index (κ2) is 10.2. The number of nitrogens with zero attached hydrogens (tertiary/aromatic N) is 1. The minimum Gasteiger partial charge on any atom is -0.295 e. The minimum atomic E-state index is -0.806. The fraction of sp³-hybridized carbons (Fsp3) is 0.290. The molecule has 1 aliphatic heterocycles. The Bertz CT molecular complexity index is 1280. The number of halogens is 3. The minimum absolute atomic E-state index is 0.262. The summed E-state index contributed by atoms with van der Waals surface area (Å²) in [5.74, 6) is -1.58. The summed E-state index contributed by atoms with van der Waals surface area (Å²) in [4.78, 5) is 2.25. The zero-order valence-corrected chi connectivity index (χ0v) is 20.1. The molecule has 180 valence electrons. The van der Waals surface area contributed by atoms with E-state index in [0.29, 0.717) is 12.0 Å². The number of rotatable bonds is 6. The van der Waals surface area contributed by atoms with Crippen LogP contribution in [0.1, 0.15) is 52.6 Å². The number of hydrogen-bond donors (Lipinski definition) is 0. The first-order chi connectivity index (χ1) is 17.0. The number of allylic oxidation sites excluding steroid dienone is 1. The van der Waals surface area contributed by atoms with Gasteiger partial charge in [-0.05, 0) is 88.8 Å². The summed E-state index contributed by atoms with van der Waals surface area (Å²) in [6.45, 7) is 4.02. The highest BCUT2D eigenvalue weighted by molar-refractivity contribution is 6.00. The SMILES string of the molecule is Cc1c(C2=C(c3ccc(C=C4CN(CCCF)C4)cc3)c3ccccc3CCC2)ccc(F)c1F. The second-order valence-corrected chi connectivity index (χ2v) is 9.58. The van der Waals surface area contributed by atoms with Crippen LogP contribution in [0.5, 0.6) is 0 Å². The molecule has 1 fully saturated rings. The number of likely N-dealkylation sites (tertiary alicyclic amines) is 1. The summed E-state index contributed by atoms with van der Waals surface area (Å²) < 4.78 is 40.9. The largest absolute Gasteiger partial charge is 0.295 e. The molecule has 0 atom stereocenters. The van der Waals surface area contributed by atoms with Crippen LogP contribution in [0.4, 0.5) is 13.2 Å². The van der Waals surface area contributed by atoms with Gasteiger partial charge in [0.1, 0.15) is 0 Å². The van der Waals surface area contributed by atoms with E-state index in [-0.39, 0.29) is 6.67 Å². The first-order valence-electron chi connectivity index (χ1n) is 12.4. The molecule has 1 saturated heterocycles. The van der Waals surface area contributed by atoms with E-state index in [1.165, 1.54) is 17.2 Å². The molecule has 5 rings (SSSR count). The summed E-state index contributed by atoms with van der Waals surface area (Å²) in [7, 11) is 0. The van der Waals surface area contributed by atoms with Crippen molar-refractivity contribution in [3.05, 3.63) is 111 Å². The Morgan fingerprint density at radius 1 is 0.886 bits per heavy atom. The maximum atomic E-state index is 14.6. The van der Waals surface area contributed by atoms with Crippen LogP contribution in [-0.2, 0) is 6.42 Å². The maximum Gasteiger partial charge on any atom is 0.162 e. The Balaban J connectivity index is 1.54. The van der Waals surface area contributed by atoms with Crippen LogP contribution in [0.2, 0.25) is 0 Å². The van der Waals surface area contributed by atoms with E-state index in [2.05, 4.69) is 53.4 Å². The number of hydrogen-bond acceptors (Lipinski definition) is 1. The van der Waals surface area contributed by atoms with E-state index in [9.17, 15) is 13.2 Å².